The standard InChI is InChI=1S/C10H14O3/c1-9(2)8(11)7-5-6-3-4-12-10(6,9)13-7/h6-7H,3-5H2,1-2H3/t6-,7+,10-/m1/s1. The third-order valence-corrected chi connectivity index (χ3v) is 3.92. The first-order valence-corrected chi connectivity index (χ1v) is 4.94. The predicted molar refractivity (Wildman–Crippen MR) is 45.1 cm³/mol. The van der Waals surface area contributed by atoms with E-state index in [0.29, 0.717) is 5.92 Å². The van der Waals surface area contributed by atoms with Gasteiger partial charge in [0.05, 0.1) is 12.0 Å². The Kier molecular flexibility index (Phi) is 1.21. The fourth-order valence-corrected chi connectivity index (χ4v) is 3.15. The summed E-state index contributed by atoms with van der Waals surface area (Å²) in [6, 6.07) is 0. The highest BCUT2D eigenvalue weighted by Crippen LogP contribution is 2.60. The number of Topliss-reactive ketones (excluding diaryl/α,β-unsaturated/α-hetero) is 1. The van der Waals surface area contributed by atoms with Crippen LogP contribution in [0.2, 0.25) is 0 Å². The Hall–Kier alpha value is -0.410. The van der Waals surface area contributed by atoms with E-state index < -0.39 is 11.2 Å². The first-order chi connectivity index (χ1) is 6.08. The second-order valence-electron chi connectivity index (χ2n) is 4.83. The number of hydrogen-bond donors (Lipinski definition) is 0. The summed E-state index contributed by atoms with van der Waals surface area (Å²) in [7, 11) is 0. The molecule has 3 heteroatoms. The van der Waals surface area contributed by atoms with Gasteiger partial charge in [0.1, 0.15) is 6.10 Å². The number of hydrogen-bond acceptors (Lipinski definition) is 3. The van der Waals surface area contributed by atoms with Crippen molar-refractivity contribution < 1.29 is 14.3 Å². The van der Waals surface area contributed by atoms with Gasteiger partial charge in [0.25, 0.3) is 0 Å². The fourth-order valence-electron chi connectivity index (χ4n) is 3.15. The molecule has 72 valence electrons. The zero-order valence-corrected chi connectivity index (χ0v) is 8.00. The number of carbonyl (C=O) groups is 1. The molecule has 3 nitrogen and oxygen atoms in total. The molecule has 3 atom stereocenters. The maximum atomic E-state index is 11.8. The summed E-state index contributed by atoms with van der Waals surface area (Å²) in [5.74, 6) is 0.116. The van der Waals surface area contributed by atoms with Gasteiger partial charge in [-0.05, 0) is 26.7 Å². The molecule has 0 aromatic carbocycles. The minimum absolute atomic E-state index is 0.180. The average molecular weight is 182 g/mol. The van der Waals surface area contributed by atoms with Crippen molar-refractivity contribution >= 4 is 5.78 Å². The molecular weight excluding hydrogens is 168 g/mol. The Morgan fingerprint density at radius 1 is 1.46 bits per heavy atom. The molecule has 13 heavy (non-hydrogen) atoms. The number of rotatable bonds is 0. The molecule has 1 spiro atoms. The Balaban J connectivity index is 2.12. The van der Waals surface area contributed by atoms with Gasteiger partial charge in [-0.25, -0.2) is 0 Å². The van der Waals surface area contributed by atoms with Crippen molar-refractivity contribution in [3.63, 3.8) is 0 Å². The molecule has 3 aliphatic heterocycles. The number of carbonyl (C=O) groups excluding carboxylic acids is 1. The molecule has 0 saturated carbocycles. The van der Waals surface area contributed by atoms with Crippen LogP contribution in [-0.4, -0.2) is 24.3 Å². The Morgan fingerprint density at radius 3 is 2.92 bits per heavy atom. The van der Waals surface area contributed by atoms with E-state index in [2.05, 4.69) is 0 Å². The molecule has 3 heterocycles. The van der Waals surface area contributed by atoms with Gasteiger partial charge >= 0.3 is 0 Å². The van der Waals surface area contributed by atoms with Crippen LogP contribution >= 0.6 is 0 Å². The van der Waals surface area contributed by atoms with Gasteiger partial charge in [-0.2, -0.15) is 0 Å². The SMILES string of the molecule is CC1(C)C(=O)[C@@H]2C[C@H]3CCO[C@@]31O2. The molecule has 0 aromatic heterocycles. The smallest absolute Gasteiger partial charge is 0.184 e. The largest absolute Gasteiger partial charge is 0.349 e. The van der Waals surface area contributed by atoms with E-state index >= 15 is 0 Å². The minimum Gasteiger partial charge on any atom is -0.349 e. The topological polar surface area (TPSA) is 35.5 Å². The van der Waals surface area contributed by atoms with Crippen LogP contribution < -0.4 is 0 Å². The van der Waals surface area contributed by atoms with E-state index in [1.54, 1.807) is 0 Å². The van der Waals surface area contributed by atoms with E-state index in [-0.39, 0.29) is 11.9 Å². The second kappa shape index (κ2) is 1.98. The van der Waals surface area contributed by atoms with Gasteiger partial charge in [0.2, 0.25) is 0 Å². The van der Waals surface area contributed by atoms with Gasteiger partial charge in [0.15, 0.2) is 11.6 Å². The predicted octanol–water partition coefficient (Wildman–Crippen LogP) is 1.12. The van der Waals surface area contributed by atoms with Crippen LogP contribution in [0.25, 0.3) is 0 Å². The van der Waals surface area contributed by atoms with Gasteiger partial charge in [-0.3, -0.25) is 4.79 Å². The van der Waals surface area contributed by atoms with Crippen LogP contribution in [0.5, 0.6) is 0 Å². The molecule has 3 rings (SSSR count). The lowest BCUT2D eigenvalue weighted by Crippen LogP contribution is -2.49. The lowest BCUT2D eigenvalue weighted by atomic mass is 9.68. The summed E-state index contributed by atoms with van der Waals surface area (Å²) in [6.07, 6.45) is 1.75. The van der Waals surface area contributed by atoms with Gasteiger partial charge in [-0.15, -0.1) is 0 Å². The molecule has 0 N–H and O–H groups in total. The van der Waals surface area contributed by atoms with Crippen molar-refractivity contribution in [2.75, 3.05) is 6.61 Å². The van der Waals surface area contributed by atoms with Crippen LogP contribution in [0.4, 0.5) is 0 Å². The van der Waals surface area contributed by atoms with Crippen LogP contribution in [0.1, 0.15) is 26.7 Å². The lowest BCUT2D eigenvalue weighted by molar-refractivity contribution is -0.227. The number of fused-ring (bicyclic) bond motifs is 1. The normalized spacial score (nSPS) is 51.4. The van der Waals surface area contributed by atoms with Crippen molar-refractivity contribution in [2.45, 2.75) is 38.6 Å². The molecule has 3 aliphatic rings. The zero-order valence-electron chi connectivity index (χ0n) is 8.00. The van der Waals surface area contributed by atoms with Gasteiger partial charge in [-0.1, -0.05) is 0 Å². The molecule has 0 aromatic rings. The van der Waals surface area contributed by atoms with Crippen molar-refractivity contribution in [1.82, 2.24) is 0 Å². The Labute approximate surface area is 77.4 Å². The Morgan fingerprint density at radius 2 is 2.23 bits per heavy atom. The molecule has 0 amide bonds. The van der Waals surface area contributed by atoms with Crippen LogP contribution in [-0.2, 0) is 14.3 Å². The van der Waals surface area contributed by atoms with E-state index in [1.165, 1.54) is 0 Å². The quantitative estimate of drug-likeness (QED) is 0.563. The molecule has 0 unspecified atom stereocenters. The second-order valence-corrected chi connectivity index (χ2v) is 4.83. The van der Waals surface area contributed by atoms with Crippen molar-refractivity contribution in [3.05, 3.63) is 0 Å². The summed E-state index contributed by atoms with van der Waals surface area (Å²) in [5.41, 5.74) is -0.433. The van der Waals surface area contributed by atoms with Crippen molar-refractivity contribution in [3.8, 4) is 0 Å². The maximum Gasteiger partial charge on any atom is 0.184 e. The summed E-state index contributed by atoms with van der Waals surface area (Å²) in [5, 5.41) is 0. The van der Waals surface area contributed by atoms with E-state index in [1.807, 2.05) is 13.8 Å². The highest BCUT2D eigenvalue weighted by Gasteiger charge is 2.71. The Bertz CT molecular complexity index is 284. The highest BCUT2D eigenvalue weighted by molar-refractivity contribution is 5.92. The van der Waals surface area contributed by atoms with E-state index in [4.69, 9.17) is 9.47 Å². The molecule has 0 radical (unpaired) electrons. The average Bonchev–Trinajstić information content (AvgIpc) is 2.60. The van der Waals surface area contributed by atoms with Gasteiger partial charge < -0.3 is 9.47 Å². The monoisotopic (exact) mass is 182 g/mol. The zero-order chi connectivity index (χ0) is 9.27. The van der Waals surface area contributed by atoms with Crippen molar-refractivity contribution in [2.24, 2.45) is 11.3 Å². The summed E-state index contributed by atoms with van der Waals surface area (Å²) in [6.45, 7) is 4.65. The van der Waals surface area contributed by atoms with Crippen LogP contribution in [0.15, 0.2) is 0 Å². The van der Waals surface area contributed by atoms with Gasteiger partial charge in [0, 0.05) is 5.92 Å². The van der Waals surface area contributed by atoms with Crippen molar-refractivity contribution in [1.29, 1.82) is 0 Å². The first-order valence-electron chi connectivity index (χ1n) is 4.94. The summed E-state index contributed by atoms with van der Waals surface area (Å²) < 4.78 is 11.4. The third kappa shape index (κ3) is 0.647. The highest BCUT2D eigenvalue weighted by atomic mass is 16.7. The molecule has 0 aliphatic carbocycles. The summed E-state index contributed by atoms with van der Waals surface area (Å²) in [4.78, 5) is 11.8. The molecular formula is C10H14O3. The fraction of sp³-hybridized carbons (Fsp3) is 0.900. The number of ether oxygens (including phenoxy) is 2. The maximum absolute atomic E-state index is 11.8. The molecule has 3 saturated heterocycles. The third-order valence-electron chi connectivity index (χ3n) is 3.92. The summed E-state index contributed by atoms with van der Waals surface area (Å²) >= 11 is 0. The van der Waals surface area contributed by atoms with Crippen LogP contribution in [0.3, 0.4) is 0 Å². The van der Waals surface area contributed by atoms with Crippen LogP contribution in [0, 0.1) is 11.3 Å². The van der Waals surface area contributed by atoms with E-state index in [9.17, 15) is 4.79 Å². The first kappa shape index (κ1) is 7.94. The van der Waals surface area contributed by atoms with E-state index in [0.717, 1.165) is 19.4 Å². The number of ketones is 1. The lowest BCUT2D eigenvalue weighted by Gasteiger charge is -2.37. The molecule has 2 bridgehead atoms. The molecule has 3 fully saturated rings. The minimum atomic E-state index is -0.561.